The number of carbonyl (C=O) groups is 1. The van der Waals surface area contributed by atoms with Crippen molar-refractivity contribution in [3.8, 4) is 22.8 Å². The highest BCUT2D eigenvalue weighted by Crippen LogP contribution is 2.33. The van der Waals surface area contributed by atoms with Gasteiger partial charge in [0, 0.05) is 12.2 Å². The molecule has 0 aliphatic carbocycles. The standard InChI is InChI=1S/C24H21FN4O2S/c1-31-21-10-6-5-9-20(21)23-27-28-24(29(23)19-7-3-2-4-8-19)32-16-22(30)26-15-17-11-13-18(25)14-12-17/h2-14H,15-16H2,1H3,(H,26,30). The number of nitrogens with one attached hydrogen (secondary N) is 1. The molecular weight excluding hydrogens is 427 g/mol. The Morgan fingerprint density at radius 3 is 2.47 bits per heavy atom. The molecule has 3 aromatic carbocycles. The van der Waals surface area contributed by atoms with Crippen LogP contribution >= 0.6 is 11.8 Å². The van der Waals surface area contributed by atoms with E-state index >= 15 is 0 Å². The van der Waals surface area contributed by atoms with Gasteiger partial charge in [-0.15, -0.1) is 10.2 Å². The van der Waals surface area contributed by atoms with Crippen molar-refractivity contribution in [3.05, 3.63) is 90.2 Å². The van der Waals surface area contributed by atoms with Gasteiger partial charge in [0.1, 0.15) is 11.6 Å². The fourth-order valence-corrected chi connectivity index (χ4v) is 3.94. The van der Waals surface area contributed by atoms with Gasteiger partial charge in [-0.3, -0.25) is 9.36 Å². The topological polar surface area (TPSA) is 69.0 Å². The van der Waals surface area contributed by atoms with Crippen LogP contribution in [0.5, 0.6) is 5.75 Å². The summed E-state index contributed by atoms with van der Waals surface area (Å²) < 4.78 is 20.4. The predicted molar refractivity (Wildman–Crippen MR) is 122 cm³/mol. The lowest BCUT2D eigenvalue weighted by Crippen LogP contribution is -2.24. The number of para-hydroxylation sites is 2. The molecule has 1 heterocycles. The van der Waals surface area contributed by atoms with E-state index < -0.39 is 0 Å². The van der Waals surface area contributed by atoms with Crippen molar-refractivity contribution in [3.63, 3.8) is 0 Å². The summed E-state index contributed by atoms with van der Waals surface area (Å²) >= 11 is 1.29. The zero-order chi connectivity index (χ0) is 22.3. The third-order valence-electron chi connectivity index (χ3n) is 4.73. The third-order valence-corrected chi connectivity index (χ3v) is 5.66. The maximum atomic E-state index is 13.0. The van der Waals surface area contributed by atoms with Crippen molar-refractivity contribution in [2.45, 2.75) is 11.7 Å². The molecule has 8 heteroatoms. The van der Waals surface area contributed by atoms with Crippen molar-refractivity contribution < 1.29 is 13.9 Å². The fourth-order valence-electron chi connectivity index (χ4n) is 3.16. The zero-order valence-electron chi connectivity index (χ0n) is 17.4. The molecule has 1 N–H and O–H groups in total. The second-order valence-electron chi connectivity index (χ2n) is 6.87. The molecule has 0 radical (unpaired) electrons. The Morgan fingerprint density at radius 1 is 1.00 bits per heavy atom. The minimum Gasteiger partial charge on any atom is -0.496 e. The van der Waals surface area contributed by atoms with Gasteiger partial charge in [-0.25, -0.2) is 4.39 Å². The molecule has 4 aromatic rings. The molecule has 0 bridgehead atoms. The largest absolute Gasteiger partial charge is 0.496 e. The first-order chi connectivity index (χ1) is 15.7. The van der Waals surface area contributed by atoms with Crippen molar-refractivity contribution in [1.29, 1.82) is 0 Å². The molecule has 0 saturated carbocycles. The first-order valence-corrected chi connectivity index (χ1v) is 10.9. The van der Waals surface area contributed by atoms with Crippen LogP contribution in [0.15, 0.2) is 84.0 Å². The number of rotatable bonds is 8. The lowest BCUT2D eigenvalue weighted by molar-refractivity contribution is -0.118. The number of amides is 1. The van der Waals surface area contributed by atoms with E-state index in [0.717, 1.165) is 16.8 Å². The van der Waals surface area contributed by atoms with Gasteiger partial charge < -0.3 is 10.1 Å². The lowest BCUT2D eigenvalue weighted by Gasteiger charge is -2.12. The third kappa shape index (κ3) is 4.97. The average molecular weight is 449 g/mol. The molecule has 0 aliphatic rings. The van der Waals surface area contributed by atoms with E-state index in [-0.39, 0.29) is 17.5 Å². The van der Waals surface area contributed by atoms with Gasteiger partial charge in [-0.1, -0.05) is 54.2 Å². The summed E-state index contributed by atoms with van der Waals surface area (Å²) in [4.78, 5) is 12.4. The van der Waals surface area contributed by atoms with E-state index in [1.54, 1.807) is 19.2 Å². The SMILES string of the molecule is COc1ccccc1-c1nnc(SCC(=O)NCc2ccc(F)cc2)n1-c1ccccc1. The highest BCUT2D eigenvalue weighted by Gasteiger charge is 2.19. The second-order valence-corrected chi connectivity index (χ2v) is 7.81. The monoisotopic (exact) mass is 448 g/mol. The van der Waals surface area contributed by atoms with Crippen LogP contribution in [0, 0.1) is 5.82 Å². The van der Waals surface area contributed by atoms with E-state index in [1.165, 1.54) is 23.9 Å². The molecular formula is C24H21FN4O2S. The van der Waals surface area contributed by atoms with Crippen LogP contribution in [0.2, 0.25) is 0 Å². The summed E-state index contributed by atoms with van der Waals surface area (Å²) in [6.45, 7) is 0.331. The highest BCUT2D eigenvalue weighted by atomic mass is 32.2. The molecule has 0 fully saturated rings. The Bertz CT molecular complexity index is 1200. The number of ether oxygens (including phenoxy) is 1. The summed E-state index contributed by atoms with van der Waals surface area (Å²) in [5, 5.41) is 12.2. The Balaban J connectivity index is 1.54. The molecule has 0 saturated heterocycles. The summed E-state index contributed by atoms with van der Waals surface area (Å²) in [5.74, 6) is 1.02. The van der Waals surface area contributed by atoms with Gasteiger partial charge in [-0.05, 0) is 42.0 Å². The van der Waals surface area contributed by atoms with E-state index in [0.29, 0.717) is 23.3 Å². The van der Waals surface area contributed by atoms with Crippen LogP contribution in [0.4, 0.5) is 4.39 Å². The minimum atomic E-state index is -0.304. The summed E-state index contributed by atoms with van der Waals surface area (Å²) in [6.07, 6.45) is 0. The molecule has 1 aromatic heterocycles. The van der Waals surface area contributed by atoms with E-state index in [1.807, 2.05) is 59.2 Å². The molecule has 6 nitrogen and oxygen atoms in total. The predicted octanol–water partition coefficient (Wildman–Crippen LogP) is 4.49. The first kappa shape index (κ1) is 21.6. The summed E-state index contributed by atoms with van der Waals surface area (Å²) in [5.41, 5.74) is 2.52. The van der Waals surface area contributed by atoms with Crippen LogP contribution in [0.1, 0.15) is 5.56 Å². The van der Waals surface area contributed by atoms with Gasteiger partial charge in [0.05, 0.1) is 18.4 Å². The van der Waals surface area contributed by atoms with Crippen molar-refractivity contribution in [1.82, 2.24) is 20.1 Å². The number of benzene rings is 3. The number of hydrogen-bond donors (Lipinski definition) is 1. The van der Waals surface area contributed by atoms with Crippen molar-refractivity contribution in [2.75, 3.05) is 12.9 Å². The smallest absolute Gasteiger partial charge is 0.230 e. The number of nitrogens with zero attached hydrogens (tertiary/aromatic N) is 3. The molecule has 0 aliphatic heterocycles. The number of aromatic nitrogens is 3. The Hall–Kier alpha value is -3.65. The van der Waals surface area contributed by atoms with E-state index in [2.05, 4.69) is 15.5 Å². The molecule has 162 valence electrons. The van der Waals surface area contributed by atoms with Crippen LogP contribution < -0.4 is 10.1 Å². The Kier molecular flexibility index (Phi) is 6.81. The number of halogens is 1. The van der Waals surface area contributed by atoms with Gasteiger partial charge >= 0.3 is 0 Å². The number of methoxy groups -OCH3 is 1. The molecule has 0 atom stereocenters. The van der Waals surface area contributed by atoms with Gasteiger partial charge in [0.25, 0.3) is 0 Å². The number of thioether (sulfide) groups is 1. The Labute approximate surface area is 189 Å². The number of hydrogen-bond acceptors (Lipinski definition) is 5. The Morgan fingerprint density at radius 2 is 1.72 bits per heavy atom. The lowest BCUT2D eigenvalue weighted by atomic mass is 10.2. The molecule has 0 unspecified atom stereocenters. The van der Waals surface area contributed by atoms with Crippen molar-refractivity contribution >= 4 is 17.7 Å². The molecule has 32 heavy (non-hydrogen) atoms. The second kappa shape index (κ2) is 10.1. The summed E-state index contributed by atoms with van der Waals surface area (Å²) in [6, 6.07) is 23.4. The van der Waals surface area contributed by atoms with Crippen LogP contribution in [0.3, 0.4) is 0 Å². The van der Waals surface area contributed by atoms with Gasteiger partial charge in [0.15, 0.2) is 11.0 Å². The summed E-state index contributed by atoms with van der Waals surface area (Å²) in [7, 11) is 1.61. The quantitative estimate of drug-likeness (QED) is 0.402. The highest BCUT2D eigenvalue weighted by molar-refractivity contribution is 7.99. The first-order valence-electron chi connectivity index (χ1n) is 9.94. The zero-order valence-corrected chi connectivity index (χ0v) is 18.2. The minimum absolute atomic E-state index is 0.152. The van der Waals surface area contributed by atoms with E-state index in [4.69, 9.17) is 4.74 Å². The molecule has 4 rings (SSSR count). The van der Waals surface area contributed by atoms with Crippen LogP contribution in [0.25, 0.3) is 17.1 Å². The molecule has 0 spiro atoms. The van der Waals surface area contributed by atoms with Crippen LogP contribution in [-0.4, -0.2) is 33.5 Å². The van der Waals surface area contributed by atoms with Gasteiger partial charge in [-0.2, -0.15) is 0 Å². The van der Waals surface area contributed by atoms with Crippen molar-refractivity contribution in [2.24, 2.45) is 0 Å². The maximum Gasteiger partial charge on any atom is 0.230 e. The number of carbonyl (C=O) groups excluding carboxylic acids is 1. The van der Waals surface area contributed by atoms with E-state index in [9.17, 15) is 9.18 Å². The fraction of sp³-hybridized carbons (Fsp3) is 0.125. The maximum absolute atomic E-state index is 13.0. The molecule has 1 amide bonds. The van der Waals surface area contributed by atoms with Crippen LogP contribution in [-0.2, 0) is 11.3 Å². The normalized spacial score (nSPS) is 10.7. The van der Waals surface area contributed by atoms with Gasteiger partial charge in [0.2, 0.25) is 5.91 Å². The average Bonchev–Trinajstić information content (AvgIpc) is 3.26.